The predicted octanol–water partition coefficient (Wildman–Crippen LogP) is 2.31. The van der Waals surface area contributed by atoms with Crippen LogP contribution >= 0.6 is 0 Å². The summed E-state index contributed by atoms with van der Waals surface area (Å²) in [6, 6.07) is 6.26. The van der Waals surface area contributed by atoms with Gasteiger partial charge in [-0.1, -0.05) is 12.5 Å². The molecule has 4 heteroatoms. The molecule has 1 aromatic rings. The van der Waals surface area contributed by atoms with E-state index in [-0.39, 0.29) is 5.91 Å². The lowest BCUT2D eigenvalue weighted by Crippen LogP contribution is -2.44. The van der Waals surface area contributed by atoms with Crippen LogP contribution in [0.3, 0.4) is 0 Å². The van der Waals surface area contributed by atoms with Gasteiger partial charge in [0.1, 0.15) is 0 Å². The molecule has 2 atom stereocenters. The van der Waals surface area contributed by atoms with Gasteiger partial charge in [0.2, 0.25) is 0 Å². The van der Waals surface area contributed by atoms with Crippen LogP contribution in [0, 0.1) is 5.92 Å². The third-order valence-corrected chi connectivity index (χ3v) is 4.89. The third kappa shape index (κ3) is 2.70. The van der Waals surface area contributed by atoms with Gasteiger partial charge in [-0.15, -0.1) is 0 Å². The molecule has 0 radical (unpaired) electrons. The van der Waals surface area contributed by atoms with Crippen molar-refractivity contribution in [3.63, 3.8) is 0 Å². The number of amides is 1. The van der Waals surface area contributed by atoms with Crippen LogP contribution < -0.4 is 5.73 Å². The molecule has 1 saturated carbocycles. The molecule has 0 saturated heterocycles. The van der Waals surface area contributed by atoms with Crippen LogP contribution in [-0.2, 0) is 18.0 Å². The minimum Gasteiger partial charge on any atom is -0.372 e. The number of carbonyl (C=O) groups excluding carboxylic acids is 1. The van der Waals surface area contributed by atoms with Gasteiger partial charge in [0, 0.05) is 18.2 Å². The number of hydrogen-bond acceptors (Lipinski definition) is 3. The molecule has 1 aliphatic heterocycles. The molecule has 1 aliphatic carbocycles. The summed E-state index contributed by atoms with van der Waals surface area (Å²) in [4.78, 5) is 14.9. The average molecular weight is 288 g/mol. The molecule has 4 nitrogen and oxygen atoms in total. The van der Waals surface area contributed by atoms with Gasteiger partial charge in [-0.3, -0.25) is 4.79 Å². The highest BCUT2D eigenvalue weighted by atomic mass is 16.5. The van der Waals surface area contributed by atoms with Crippen molar-refractivity contribution >= 4 is 5.91 Å². The van der Waals surface area contributed by atoms with E-state index >= 15 is 0 Å². The van der Waals surface area contributed by atoms with Gasteiger partial charge in [-0.05, 0) is 55.5 Å². The number of fused-ring (bicyclic) bond motifs is 1. The van der Waals surface area contributed by atoms with Crippen LogP contribution in [0.25, 0.3) is 0 Å². The first-order valence-electron chi connectivity index (χ1n) is 7.95. The molecule has 21 heavy (non-hydrogen) atoms. The summed E-state index contributed by atoms with van der Waals surface area (Å²) in [6.45, 7) is 4.76. The topological polar surface area (TPSA) is 55.6 Å². The highest BCUT2D eigenvalue weighted by Crippen LogP contribution is 2.30. The molecule has 0 spiro atoms. The van der Waals surface area contributed by atoms with Crippen molar-refractivity contribution in [3.05, 3.63) is 34.9 Å². The monoisotopic (exact) mass is 288 g/mol. The molecule has 1 fully saturated rings. The fourth-order valence-electron chi connectivity index (χ4n) is 3.70. The number of ether oxygens (including phenoxy) is 1. The zero-order valence-electron chi connectivity index (χ0n) is 12.7. The second kappa shape index (κ2) is 6.16. The highest BCUT2D eigenvalue weighted by molar-refractivity contribution is 5.94. The van der Waals surface area contributed by atoms with Crippen LogP contribution in [0.15, 0.2) is 18.2 Å². The second-order valence-electron chi connectivity index (χ2n) is 6.06. The Hall–Kier alpha value is -1.39. The first-order chi connectivity index (χ1) is 10.2. The molecule has 114 valence electrons. The van der Waals surface area contributed by atoms with Crippen molar-refractivity contribution < 1.29 is 9.53 Å². The lowest BCUT2D eigenvalue weighted by atomic mass is 10.00. The normalized spacial score (nSPS) is 24.1. The van der Waals surface area contributed by atoms with E-state index in [1.807, 2.05) is 23.1 Å². The van der Waals surface area contributed by atoms with E-state index in [1.165, 1.54) is 12.0 Å². The standard InChI is InChI=1S/C17H24N2O2/c1-2-19(16-5-3-4-13(16)9-18)17(20)12-6-7-14-10-21-11-15(14)8-12/h6-8,13,16H,2-5,9-11,18H2,1H3. The van der Waals surface area contributed by atoms with Gasteiger partial charge >= 0.3 is 0 Å². The number of nitrogens with zero attached hydrogens (tertiary/aromatic N) is 1. The van der Waals surface area contributed by atoms with Gasteiger partial charge < -0.3 is 15.4 Å². The fraction of sp³-hybridized carbons (Fsp3) is 0.588. The van der Waals surface area contributed by atoms with Crippen LogP contribution in [-0.4, -0.2) is 29.9 Å². The maximum Gasteiger partial charge on any atom is 0.254 e. The van der Waals surface area contributed by atoms with Crippen LogP contribution in [0.4, 0.5) is 0 Å². The first kappa shape index (κ1) is 14.5. The molecule has 0 bridgehead atoms. The van der Waals surface area contributed by atoms with Crippen molar-refractivity contribution in [1.82, 2.24) is 4.90 Å². The average Bonchev–Trinajstić information content (AvgIpc) is 3.15. The van der Waals surface area contributed by atoms with Crippen molar-refractivity contribution in [3.8, 4) is 0 Å². The summed E-state index contributed by atoms with van der Waals surface area (Å²) >= 11 is 0. The van der Waals surface area contributed by atoms with Crippen molar-refractivity contribution in [2.24, 2.45) is 11.7 Å². The summed E-state index contributed by atoms with van der Waals surface area (Å²) in [5.41, 5.74) is 9.01. The van der Waals surface area contributed by atoms with Crippen LogP contribution in [0.5, 0.6) is 0 Å². The molecule has 1 amide bonds. The molecular formula is C17H24N2O2. The van der Waals surface area contributed by atoms with E-state index in [0.717, 1.165) is 30.5 Å². The van der Waals surface area contributed by atoms with E-state index < -0.39 is 0 Å². The SMILES string of the molecule is CCN(C(=O)c1ccc2c(c1)COC2)C1CCCC1CN. The minimum absolute atomic E-state index is 0.137. The number of benzene rings is 1. The van der Waals surface area contributed by atoms with E-state index in [9.17, 15) is 4.79 Å². The number of hydrogen-bond donors (Lipinski definition) is 1. The Morgan fingerprint density at radius 2 is 2.14 bits per heavy atom. The zero-order chi connectivity index (χ0) is 14.8. The molecule has 2 N–H and O–H groups in total. The highest BCUT2D eigenvalue weighted by Gasteiger charge is 2.33. The van der Waals surface area contributed by atoms with Crippen molar-refractivity contribution in [1.29, 1.82) is 0 Å². The summed E-state index contributed by atoms with van der Waals surface area (Å²) in [5.74, 6) is 0.587. The molecule has 2 aliphatic rings. The maximum absolute atomic E-state index is 12.9. The van der Waals surface area contributed by atoms with Crippen molar-refractivity contribution in [2.45, 2.75) is 45.4 Å². The smallest absolute Gasteiger partial charge is 0.254 e. The summed E-state index contributed by atoms with van der Waals surface area (Å²) in [5, 5.41) is 0. The van der Waals surface area contributed by atoms with E-state index in [4.69, 9.17) is 10.5 Å². The Morgan fingerprint density at radius 1 is 1.33 bits per heavy atom. The van der Waals surface area contributed by atoms with E-state index in [0.29, 0.717) is 31.7 Å². The summed E-state index contributed by atoms with van der Waals surface area (Å²) in [6.07, 6.45) is 3.40. The molecular weight excluding hydrogens is 264 g/mol. The largest absolute Gasteiger partial charge is 0.372 e. The minimum atomic E-state index is 0.137. The number of carbonyl (C=O) groups is 1. The maximum atomic E-state index is 12.9. The molecule has 1 heterocycles. The Morgan fingerprint density at radius 3 is 2.90 bits per heavy atom. The van der Waals surface area contributed by atoms with E-state index in [1.54, 1.807) is 0 Å². The Labute approximate surface area is 126 Å². The second-order valence-corrected chi connectivity index (χ2v) is 6.06. The van der Waals surface area contributed by atoms with Crippen LogP contribution in [0.2, 0.25) is 0 Å². The number of nitrogens with two attached hydrogens (primary N) is 1. The number of rotatable bonds is 4. The summed E-state index contributed by atoms with van der Waals surface area (Å²) < 4.78 is 5.43. The molecule has 0 aromatic heterocycles. The predicted molar refractivity (Wildman–Crippen MR) is 81.8 cm³/mol. The Kier molecular flexibility index (Phi) is 4.27. The van der Waals surface area contributed by atoms with Crippen LogP contribution in [0.1, 0.15) is 47.7 Å². The zero-order valence-corrected chi connectivity index (χ0v) is 12.7. The fourth-order valence-corrected chi connectivity index (χ4v) is 3.70. The van der Waals surface area contributed by atoms with Gasteiger partial charge in [-0.25, -0.2) is 0 Å². The molecule has 3 rings (SSSR count). The van der Waals surface area contributed by atoms with Gasteiger partial charge in [-0.2, -0.15) is 0 Å². The Balaban J connectivity index is 1.82. The molecule has 1 aromatic carbocycles. The van der Waals surface area contributed by atoms with Gasteiger partial charge in [0.25, 0.3) is 5.91 Å². The first-order valence-corrected chi connectivity index (χ1v) is 7.95. The van der Waals surface area contributed by atoms with Gasteiger partial charge in [0.15, 0.2) is 0 Å². The van der Waals surface area contributed by atoms with Crippen molar-refractivity contribution in [2.75, 3.05) is 13.1 Å². The van der Waals surface area contributed by atoms with E-state index in [2.05, 4.69) is 6.92 Å². The lowest BCUT2D eigenvalue weighted by Gasteiger charge is -2.32. The lowest BCUT2D eigenvalue weighted by molar-refractivity contribution is 0.0652. The molecule has 2 unspecified atom stereocenters. The Bertz CT molecular complexity index is 530. The quantitative estimate of drug-likeness (QED) is 0.925. The van der Waals surface area contributed by atoms with Gasteiger partial charge in [0.05, 0.1) is 13.2 Å². The third-order valence-electron chi connectivity index (χ3n) is 4.89. The summed E-state index contributed by atoms with van der Waals surface area (Å²) in [7, 11) is 0.